The van der Waals surface area contributed by atoms with Crippen molar-refractivity contribution in [3.63, 3.8) is 0 Å². The SMILES string of the molecule is CC(C)N(CC(=O)O)CC(=O)NC1(c2ccccc2)CCC1. The lowest BCUT2D eigenvalue weighted by molar-refractivity contribution is -0.139. The minimum atomic E-state index is -0.914. The van der Waals surface area contributed by atoms with Crippen LogP contribution in [0.15, 0.2) is 30.3 Å². The summed E-state index contributed by atoms with van der Waals surface area (Å²) in [7, 11) is 0. The fourth-order valence-electron chi connectivity index (χ4n) is 2.86. The Hall–Kier alpha value is -1.88. The molecule has 5 nitrogen and oxygen atoms in total. The number of nitrogens with one attached hydrogen (secondary N) is 1. The number of rotatable bonds is 7. The van der Waals surface area contributed by atoms with Gasteiger partial charge in [0.1, 0.15) is 0 Å². The van der Waals surface area contributed by atoms with Crippen LogP contribution in [0.2, 0.25) is 0 Å². The van der Waals surface area contributed by atoms with Crippen LogP contribution in [0.5, 0.6) is 0 Å². The van der Waals surface area contributed by atoms with Crippen LogP contribution in [-0.2, 0) is 15.1 Å². The first-order valence-corrected chi connectivity index (χ1v) is 7.75. The normalized spacial score (nSPS) is 16.4. The van der Waals surface area contributed by atoms with Gasteiger partial charge in [-0.05, 0) is 38.7 Å². The minimum absolute atomic E-state index is 0.0101. The fourth-order valence-corrected chi connectivity index (χ4v) is 2.86. The van der Waals surface area contributed by atoms with Gasteiger partial charge in [-0.25, -0.2) is 0 Å². The highest BCUT2D eigenvalue weighted by molar-refractivity contribution is 5.80. The molecule has 0 spiro atoms. The summed E-state index contributed by atoms with van der Waals surface area (Å²) in [6, 6.07) is 10.0. The lowest BCUT2D eigenvalue weighted by Crippen LogP contribution is -2.54. The van der Waals surface area contributed by atoms with Gasteiger partial charge >= 0.3 is 5.97 Å². The number of carboxylic acids is 1. The van der Waals surface area contributed by atoms with E-state index in [1.807, 2.05) is 44.2 Å². The van der Waals surface area contributed by atoms with Gasteiger partial charge in [0.05, 0.1) is 18.6 Å². The average molecular weight is 304 g/mol. The van der Waals surface area contributed by atoms with Crippen molar-refractivity contribution in [2.75, 3.05) is 13.1 Å². The van der Waals surface area contributed by atoms with E-state index in [1.54, 1.807) is 4.90 Å². The third-order valence-electron chi connectivity index (χ3n) is 4.33. The Bertz CT molecular complexity index is 524. The monoisotopic (exact) mass is 304 g/mol. The van der Waals surface area contributed by atoms with Crippen molar-refractivity contribution in [2.24, 2.45) is 0 Å². The Morgan fingerprint density at radius 2 is 1.86 bits per heavy atom. The van der Waals surface area contributed by atoms with Crippen molar-refractivity contribution in [2.45, 2.75) is 44.7 Å². The average Bonchev–Trinajstić information content (AvgIpc) is 2.42. The molecule has 0 aromatic heterocycles. The summed E-state index contributed by atoms with van der Waals surface area (Å²) in [5.41, 5.74) is 0.855. The first kappa shape index (κ1) is 16.5. The maximum atomic E-state index is 12.4. The molecule has 1 aliphatic rings. The standard InChI is InChI=1S/C17H24N2O3/c1-13(2)19(12-16(21)22)11-15(20)18-17(9-6-10-17)14-7-4-3-5-8-14/h3-5,7-8,13H,6,9-12H2,1-2H3,(H,18,20)(H,21,22). The van der Waals surface area contributed by atoms with E-state index in [-0.39, 0.29) is 30.6 Å². The predicted octanol–water partition coefficient (Wildman–Crippen LogP) is 1.98. The molecule has 1 aromatic carbocycles. The molecule has 0 atom stereocenters. The van der Waals surface area contributed by atoms with E-state index in [1.165, 1.54) is 0 Å². The van der Waals surface area contributed by atoms with Crippen LogP contribution in [0.4, 0.5) is 0 Å². The summed E-state index contributed by atoms with van der Waals surface area (Å²) in [6.07, 6.45) is 2.96. The molecule has 0 radical (unpaired) electrons. The topological polar surface area (TPSA) is 69.6 Å². The van der Waals surface area contributed by atoms with Gasteiger partial charge in [0.2, 0.25) is 5.91 Å². The Morgan fingerprint density at radius 1 is 1.23 bits per heavy atom. The number of hydrogen-bond donors (Lipinski definition) is 2. The van der Waals surface area contributed by atoms with Gasteiger partial charge in [-0.1, -0.05) is 30.3 Å². The zero-order chi connectivity index (χ0) is 16.2. The molecular formula is C17H24N2O3. The molecule has 0 unspecified atom stereocenters. The Morgan fingerprint density at radius 3 is 2.32 bits per heavy atom. The maximum absolute atomic E-state index is 12.4. The summed E-state index contributed by atoms with van der Waals surface area (Å²) in [6.45, 7) is 3.78. The number of benzene rings is 1. The summed E-state index contributed by atoms with van der Waals surface area (Å²) in [4.78, 5) is 24.9. The van der Waals surface area contributed by atoms with Crippen molar-refractivity contribution in [1.82, 2.24) is 10.2 Å². The molecule has 2 rings (SSSR count). The van der Waals surface area contributed by atoms with E-state index in [0.29, 0.717) is 0 Å². The quantitative estimate of drug-likeness (QED) is 0.808. The summed E-state index contributed by atoms with van der Waals surface area (Å²) >= 11 is 0. The molecule has 0 heterocycles. The molecule has 0 saturated heterocycles. The van der Waals surface area contributed by atoms with E-state index in [9.17, 15) is 9.59 Å². The zero-order valence-electron chi connectivity index (χ0n) is 13.2. The molecule has 1 aromatic rings. The van der Waals surface area contributed by atoms with E-state index < -0.39 is 5.97 Å². The van der Waals surface area contributed by atoms with E-state index in [2.05, 4.69) is 5.32 Å². The molecule has 5 heteroatoms. The number of hydrogen-bond acceptors (Lipinski definition) is 3. The lowest BCUT2D eigenvalue weighted by Gasteiger charge is -2.43. The predicted molar refractivity (Wildman–Crippen MR) is 84.5 cm³/mol. The summed E-state index contributed by atoms with van der Waals surface area (Å²) in [5, 5.41) is 12.1. The Balaban J connectivity index is 2.02. The van der Waals surface area contributed by atoms with E-state index in [0.717, 1.165) is 24.8 Å². The van der Waals surface area contributed by atoms with E-state index in [4.69, 9.17) is 5.11 Å². The van der Waals surface area contributed by atoms with Gasteiger partial charge in [-0.3, -0.25) is 14.5 Å². The van der Waals surface area contributed by atoms with Crippen molar-refractivity contribution >= 4 is 11.9 Å². The third-order valence-corrected chi connectivity index (χ3v) is 4.33. The second-order valence-corrected chi connectivity index (χ2v) is 6.24. The lowest BCUT2D eigenvalue weighted by atomic mass is 9.72. The largest absolute Gasteiger partial charge is 0.480 e. The van der Waals surface area contributed by atoms with Gasteiger partial charge in [-0.2, -0.15) is 0 Å². The highest BCUT2D eigenvalue weighted by Gasteiger charge is 2.40. The van der Waals surface area contributed by atoms with Gasteiger partial charge < -0.3 is 10.4 Å². The number of nitrogens with zero attached hydrogens (tertiary/aromatic N) is 1. The number of amides is 1. The van der Waals surface area contributed by atoms with Gasteiger partial charge in [0.25, 0.3) is 0 Å². The van der Waals surface area contributed by atoms with Crippen LogP contribution in [0.1, 0.15) is 38.7 Å². The highest BCUT2D eigenvalue weighted by Crippen LogP contribution is 2.41. The molecule has 0 bridgehead atoms. The zero-order valence-corrected chi connectivity index (χ0v) is 13.2. The number of carbonyl (C=O) groups is 2. The molecule has 1 amide bonds. The van der Waals surface area contributed by atoms with Crippen molar-refractivity contribution in [3.05, 3.63) is 35.9 Å². The number of carbonyl (C=O) groups excluding carboxylic acids is 1. The molecule has 22 heavy (non-hydrogen) atoms. The first-order valence-electron chi connectivity index (χ1n) is 7.75. The van der Waals surface area contributed by atoms with Crippen LogP contribution in [-0.4, -0.2) is 41.0 Å². The smallest absolute Gasteiger partial charge is 0.317 e. The molecule has 120 valence electrons. The van der Waals surface area contributed by atoms with Crippen LogP contribution >= 0.6 is 0 Å². The molecule has 0 aliphatic heterocycles. The van der Waals surface area contributed by atoms with Gasteiger partial charge in [-0.15, -0.1) is 0 Å². The van der Waals surface area contributed by atoms with Crippen molar-refractivity contribution in [3.8, 4) is 0 Å². The van der Waals surface area contributed by atoms with E-state index >= 15 is 0 Å². The van der Waals surface area contributed by atoms with Crippen molar-refractivity contribution in [1.29, 1.82) is 0 Å². The van der Waals surface area contributed by atoms with Crippen LogP contribution in [0.25, 0.3) is 0 Å². The molecule has 1 saturated carbocycles. The third kappa shape index (κ3) is 3.85. The summed E-state index contributed by atoms with van der Waals surface area (Å²) < 4.78 is 0. The molecule has 1 fully saturated rings. The fraction of sp³-hybridized carbons (Fsp3) is 0.529. The first-order chi connectivity index (χ1) is 10.4. The van der Waals surface area contributed by atoms with Gasteiger partial charge in [0, 0.05) is 6.04 Å². The van der Waals surface area contributed by atoms with Gasteiger partial charge in [0.15, 0.2) is 0 Å². The highest BCUT2D eigenvalue weighted by atomic mass is 16.4. The summed E-state index contributed by atoms with van der Waals surface area (Å²) in [5.74, 6) is -1.03. The molecular weight excluding hydrogens is 280 g/mol. The number of aliphatic carboxylic acids is 1. The van der Waals surface area contributed by atoms with Crippen LogP contribution in [0.3, 0.4) is 0 Å². The second kappa shape index (κ2) is 6.92. The maximum Gasteiger partial charge on any atom is 0.317 e. The number of carboxylic acid groups (broad SMARTS) is 1. The van der Waals surface area contributed by atoms with Crippen LogP contribution < -0.4 is 5.32 Å². The minimum Gasteiger partial charge on any atom is -0.480 e. The molecule has 1 aliphatic carbocycles. The van der Waals surface area contributed by atoms with Crippen LogP contribution in [0, 0.1) is 0 Å². The second-order valence-electron chi connectivity index (χ2n) is 6.24. The Kier molecular flexibility index (Phi) is 5.19. The van der Waals surface area contributed by atoms with Crippen molar-refractivity contribution < 1.29 is 14.7 Å². The molecule has 2 N–H and O–H groups in total. The Labute approximate surface area is 131 Å².